The van der Waals surface area contributed by atoms with Crippen LogP contribution in [0.5, 0.6) is 0 Å². The first-order chi connectivity index (χ1) is 13.1. The zero-order valence-electron chi connectivity index (χ0n) is 15.5. The average molecular weight is 373 g/mol. The fraction of sp³-hybridized carbons (Fsp3) is 0.476. The van der Waals surface area contributed by atoms with Gasteiger partial charge in [-0.25, -0.2) is 4.79 Å². The summed E-state index contributed by atoms with van der Waals surface area (Å²) in [7, 11) is 0. The molecule has 0 spiro atoms. The van der Waals surface area contributed by atoms with E-state index in [1.165, 1.54) is 0 Å². The van der Waals surface area contributed by atoms with Crippen molar-refractivity contribution in [3.8, 4) is 0 Å². The number of amides is 1. The van der Waals surface area contributed by atoms with Crippen molar-refractivity contribution in [1.82, 2.24) is 5.32 Å². The summed E-state index contributed by atoms with van der Waals surface area (Å²) in [5, 5.41) is 12.1. The van der Waals surface area contributed by atoms with Gasteiger partial charge < -0.3 is 14.8 Å². The molecule has 2 N–H and O–H groups in total. The number of carboxylic acid groups (broad SMARTS) is 1. The molecule has 0 saturated carbocycles. The summed E-state index contributed by atoms with van der Waals surface area (Å²) >= 11 is 0. The lowest BCUT2D eigenvalue weighted by molar-refractivity contribution is -0.137. The van der Waals surface area contributed by atoms with Crippen LogP contribution in [0.1, 0.15) is 68.1 Å². The molecule has 146 valence electrons. The van der Waals surface area contributed by atoms with Crippen LogP contribution in [0, 0.1) is 0 Å². The van der Waals surface area contributed by atoms with Crippen LogP contribution < -0.4 is 10.9 Å². The average Bonchev–Trinajstić information content (AvgIpc) is 2.65. The van der Waals surface area contributed by atoms with Crippen molar-refractivity contribution in [1.29, 1.82) is 0 Å². The van der Waals surface area contributed by atoms with Gasteiger partial charge in [0, 0.05) is 18.4 Å². The molecule has 0 saturated heterocycles. The van der Waals surface area contributed by atoms with Crippen LogP contribution in [-0.2, 0) is 4.79 Å². The molecular formula is C21H27NO5. The number of unbranched alkanes of at least 4 members (excludes halogenated alkanes) is 7. The highest BCUT2D eigenvalue weighted by Gasteiger charge is 2.12. The summed E-state index contributed by atoms with van der Waals surface area (Å²) in [6.45, 7) is 0.531. The Balaban J connectivity index is 1.59. The van der Waals surface area contributed by atoms with Gasteiger partial charge in [-0.1, -0.05) is 56.7 Å². The van der Waals surface area contributed by atoms with E-state index in [0.29, 0.717) is 12.1 Å². The van der Waals surface area contributed by atoms with Gasteiger partial charge in [-0.3, -0.25) is 9.59 Å². The lowest BCUT2D eigenvalue weighted by atomic mass is 10.1. The maximum Gasteiger partial charge on any atom is 0.349 e. The number of carboxylic acids is 1. The highest BCUT2D eigenvalue weighted by atomic mass is 16.4. The number of carbonyl (C=O) groups is 2. The normalized spacial score (nSPS) is 10.8. The topological polar surface area (TPSA) is 96.6 Å². The van der Waals surface area contributed by atoms with Gasteiger partial charge in [0.15, 0.2) is 0 Å². The Labute approximate surface area is 158 Å². The number of para-hydroxylation sites is 1. The number of nitrogens with one attached hydrogen (secondary N) is 1. The van der Waals surface area contributed by atoms with Crippen LogP contribution in [0.15, 0.2) is 39.5 Å². The van der Waals surface area contributed by atoms with Crippen molar-refractivity contribution in [2.24, 2.45) is 0 Å². The molecule has 1 aromatic carbocycles. The molecule has 0 unspecified atom stereocenters. The van der Waals surface area contributed by atoms with Crippen molar-refractivity contribution in [2.75, 3.05) is 6.54 Å². The summed E-state index contributed by atoms with van der Waals surface area (Å²) in [6.07, 6.45) is 8.26. The number of hydrogen-bond acceptors (Lipinski definition) is 4. The second-order valence-corrected chi connectivity index (χ2v) is 6.71. The first kappa shape index (κ1) is 20.7. The van der Waals surface area contributed by atoms with E-state index in [-0.39, 0.29) is 12.0 Å². The Morgan fingerprint density at radius 3 is 2.26 bits per heavy atom. The number of carbonyl (C=O) groups excluding carboxylic acids is 1. The number of hydrogen-bond donors (Lipinski definition) is 2. The SMILES string of the molecule is O=C(O)CCCCCCCCCCNC(=O)c1cc2ccccc2oc1=O. The minimum absolute atomic E-state index is 0.0371. The molecule has 2 rings (SSSR count). The third-order valence-corrected chi connectivity index (χ3v) is 4.49. The van der Waals surface area contributed by atoms with Gasteiger partial charge in [-0.15, -0.1) is 0 Å². The Hall–Kier alpha value is -2.63. The fourth-order valence-corrected chi connectivity index (χ4v) is 2.98. The minimum Gasteiger partial charge on any atom is -0.481 e. The van der Waals surface area contributed by atoms with E-state index in [1.54, 1.807) is 24.3 Å². The van der Waals surface area contributed by atoms with Crippen LogP contribution in [0.3, 0.4) is 0 Å². The molecule has 6 heteroatoms. The predicted molar refractivity (Wildman–Crippen MR) is 104 cm³/mol. The summed E-state index contributed by atoms with van der Waals surface area (Å²) in [6, 6.07) is 8.68. The van der Waals surface area contributed by atoms with Crippen molar-refractivity contribution in [3.05, 3.63) is 46.3 Å². The number of fused-ring (bicyclic) bond motifs is 1. The van der Waals surface area contributed by atoms with Crippen molar-refractivity contribution in [2.45, 2.75) is 57.8 Å². The molecule has 1 heterocycles. The highest BCUT2D eigenvalue weighted by molar-refractivity contribution is 5.96. The minimum atomic E-state index is -0.724. The first-order valence-electron chi connectivity index (χ1n) is 9.61. The zero-order chi connectivity index (χ0) is 19.5. The summed E-state index contributed by atoms with van der Waals surface area (Å²) in [5.74, 6) is -1.12. The van der Waals surface area contributed by atoms with Crippen molar-refractivity contribution in [3.63, 3.8) is 0 Å². The van der Waals surface area contributed by atoms with Gasteiger partial charge in [0.25, 0.3) is 5.91 Å². The molecule has 6 nitrogen and oxygen atoms in total. The third kappa shape index (κ3) is 7.25. The second kappa shape index (κ2) is 11.2. The first-order valence-corrected chi connectivity index (χ1v) is 9.61. The van der Waals surface area contributed by atoms with Crippen LogP contribution >= 0.6 is 0 Å². The van der Waals surface area contributed by atoms with Crippen LogP contribution in [0.25, 0.3) is 11.0 Å². The molecule has 1 amide bonds. The van der Waals surface area contributed by atoms with Crippen molar-refractivity contribution >= 4 is 22.8 Å². The molecular weight excluding hydrogens is 346 g/mol. The Morgan fingerprint density at radius 2 is 1.56 bits per heavy atom. The quantitative estimate of drug-likeness (QED) is 0.431. The predicted octanol–water partition coefficient (Wildman–Crippen LogP) is 4.12. The molecule has 0 atom stereocenters. The van der Waals surface area contributed by atoms with Crippen LogP contribution in [0.4, 0.5) is 0 Å². The lowest BCUT2D eigenvalue weighted by Crippen LogP contribution is -2.29. The Morgan fingerprint density at radius 1 is 0.926 bits per heavy atom. The van der Waals surface area contributed by atoms with E-state index in [4.69, 9.17) is 9.52 Å². The van der Waals surface area contributed by atoms with Gasteiger partial charge in [0.1, 0.15) is 11.1 Å². The third-order valence-electron chi connectivity index (χ3n) is 4.49. The molecule has 1 aromatic heterocycles. The Bertz CT molecular complexity index is 812. The molecule has 0 radical (unpaired) electrons. The van der Waals surface area contributed by atoms with Crippen molar-refractivity contribution < 1.29 is 19.1 Å². The van der Waals surface area contributed by atoms with Gasteiger partial charge in [0.2, 0.25) is 0 Å². The molecule has 27 heavy (non-hydrogen) atoms. The van der Waals surface area contributed by atoms with E-state index >= 15 is 0 Å². The molecule has 2 aromatic rings. The molecule has 0 aliphatic heterocycles. The lowest BCUT2D eigenvalue weighted by Gasteiger charge is -2.05. The standard InChI is InChI=1S/C21H27NO5/c23-19(24)13-7-5-3-1-2-4-6-10-14-22-20(25)17-15-16-11-8-9-12-18(16)27-21(17)26/h8-9,11-12,15H,1-7,10,13-14H2,(H,22,25)(H,23,24). The maximum absolute atomic E-state index is 12.2. The van der Waals surface area contributed by atoms with E-state index in [0.717, 1.165) is 56.8 Å². The smallest absolute Gasteiger partial charge is 0.349 e. The van der Waals surface area contributed by atoms with E-state index in [1.807, 2.05) is 6.07 Å². The van der Waals surface area contributed by atoms with E-state index in [2.05, 4.69) is 5.32 Å². The van der Waals surface area contributed by atoms with Gasteiger partial charge in [-0.2, -0.15) is 0 Å². The molecule has 0 aliphatic rings. The summed E-state index contributed by atoms with van der Waals surface area (Å²) < 4.78 is 5.18. The maximum atomic E-state index is 12.2. The van der Waals surface area contributed by atoms with Gasteiger partial charge in [-0.05, 0) is 25.0 Å². The van der Waals surface area contributed by atoms with Gasteiger partial charge >= 0.3 is 11.6 Å². The highest BCUT2D eigenvalue weighted by Crippen LogP contribution is 2.13. The molecule has 0 bridgehead atoms. The van der Waals surface area contributed by atoms with Crippen LogP contribution in [-0.4, -0.2) is 23.5 Å². The summed E-state index contributed by atoms with van der Waals surface area (Å²) in [5.41, 5.74) is -0.105. The number of benzene rings is 1. The molecule has 0 aliphatic carbocycles. The van der Waals surface area contributed by atoms with Gasteiger partial charge in [0.05, 0.1) is 0 Å². The number of aliphatic carboxylic acids is 1. The second-order valence-electron chi connectivity index (χ2n) is 6.71. The monoisotopic (exact) mass is 373 g/mol. The van der Waals surface area contributed by atoms with Crippen LogP contribution in [0.2, 0.25) is 0 Å². The largest absolute Gasteiger partial charge is 0.481 e. The zero-order valence-corrected chi connectivity index (χ0v) is 15.5. The molecule has 0 fully saturated rings. The van der Waals surface area contributed by atoms with E-state index < -0.39 is 17.5 Å². The van der Waals surface area contributed by atoms with E-state index in [9.17, 15) is 14.4 Å². The summed E-state index contributed by atoms with van der Waals surface area (Å²) in [4.78, 5) is 34.5. The fourth-order valence-electron chi connectivity index (χ4n) is 2.98. The number of rotatable bonds is 12. The Kier molecular flexibility index (Phi) is 8.55.